The van der Waals surface area contributed by atoms with Crippen molar-refractivity contribution in [3.8, 4) is 22.8 Å². The molecular formula is C17H11Cl2N3O3. The Kier molecular flexibility index (Phi) is 3.99. The second kappa shape index (κ2) is 6.31. The van der Waals surface area contributed by atoms with Crippen LogP contribution in [0.3, 0.4) is 0 Å². The van der Waals surface area contributed by atoms with E-state index < -0.39 is 0 Å². The smallest absolute Gasteiger partial charge is 0.273 e. The number of H-pyrrole nitrogens is 1. The van der Waals surface area contributed by atoms with E-state index in [9.17, 15) is 4.79 Å². The molecule has 0 saturated heterocycles. The summed E-state index contributed by atoms with van der Waals surface area (Å²) in [5, 5.41) is 10.4. The fraction of sp³-hybridized carbons (Fsp3) is 0.0588. The van der Waals surface area contributed by atoms with Gasteiger partial charge < -0.3 is 14.8 Å². The highest BCUT2D eigenvalue weighted by molar-refractivity contribution is 6.42. The molecule has 0 bridgehead atoms. The molecule has 0 spiro atoms. The predicted octanol–water partition coefficient (Wildman–Crippen LogP) is 4.36. The standard InChI is InChI=1S/C17H11Cl2N3O3/c18-11-3-2-10(6-12(11)19)20-17(23)14-7-13(21-22-14)9-1-4-15-16(5-9)25-8-24-15/h1-7H,8H2,(H,20,23)(H,21,22). The number of anilines is 1. The highest BCUT2D eigenvalue weighted by Gasteiger charge is 2.16. The van der Waals surface area contributed by atoms with Crippen LogP contribution in [0.1, 0.15) is 10.5 Å². The number of aromatic nitrogens is 2. The molecule has 0 radical (unpaired) electrons. The largest absolute Gasteiger partial charge is 0.454 e. The molecule has 25 heavy (non-hydrogen) atoms. The lowest BCUT2D eigenvalue weighted by Crippen LogP contribution is -2.12. The first-order valence-electron chi connectivity index (χ1n) is 7.32. The summed E-state index contributed by atoms with van der Waals surface area (Å²) in [6.07, 6.45) is 0. The first kappa shape index (κ1) is 15.8. The van der Waals surface area contributed by atoms with E-state index in [1.165, 1.54) is 0 Å². The van der Waals surface area contributed by atoms with Crippen molar-refractivity contribution in [1.29, 1.82) is 0 Å². The lowest BCUT2D eigenvalue weighted by atomic mass is 10.1. The maximum atomic E-state index is 12.3. The minimum absolute atomic E-state index is 0.205. The summed E-state index contributed by atoms with van der Waals surface area (Å²) >= 11 is 11.8. The molecule has 6 nitrogen and oxygen atoms in total. The van der Waals surface area contributed by atoms with E-state index in [1.807, 2.05) is 18.2 Å². The zero-order valence-electron chi connectivity index (χ0n) is 12.7. The van der Waals surface area contributed by atoms with Crippen LogP contribution in [0.4, 0.5) is 5.69 Å². The SMILES string of the molecule is O=C(Nc1ccc(Cl)c(Cl)c1)c1cc(-c2ccc3c(c2)OCO3)n[nH]1. The molecule has 3 aromatic rings. The van der Waals surface area contributed by atoms with E-state index in [-0.39, 0.29) is 12.7 Å². The Morgan fingerprint density at radius 1 is 1.04 bits per heavy atom. The minimum atomic E-state index is -0.335. The van der Waals surface area contributed by atoms with E-state index >= 15 is 0 Å². The molecule has 2 heterocycles. The summed E-state index contributed by atoms with van der Waals surface area (Å²) in [5.74, 6) is 1.01. The number of aromatic amines is 1. The van der Waals surface area contributed by atoms with Crippen molar-refractivity contribution in [1.82, 2.24) is 10.2 Å². The van der Waals surface area contributed by atoms with Gasteiger partial charge in [-0.05, 0) is 42.5 Å². The quantitative estimate of drug-likeness (QED) is 0.712. The van der Waals surface area contributed by atoms with Crippen LogP contribution < -0.4 is 14.8 Å². The van der Waals surface area contributed by atoms with E-state index in [0.29, 0.717) is 38.6 Å². The van der Waals surface area contributed by atoms with Gasteiger partial charge in [-0.25, -0.2) is 0 Å². The number of hydrogen-bond donors (Lipinski definition) is 2. The molecule has 1 aromatic heterocycles. The Balaban J connectivity index is 1.54. The van der Waals surface area contributed by atoms with E-state index in [2.05, 4.69) is 15.5 Å². The minimum Gasteiger partial charge on any atom is -0.454 e. The Morgan fingerprint density at radius 3 is 2.72 bits per heavy atom. The first-order chi connectivity index (χ1) is 12.1. The maximum absolute atomic E-state index is 12.3. The number of hydrogen-bond acceptors (Lipinski definition) is 4. The lowest BCUT2D eigenvalue weighted by Gasteiger charge is -2.04. The van der Waals surface area contributed by atoms with Crippen LogP contribution in [0, 0.1) is 0 Å². The third kappa shape index (κ3) is 3.14. The van der Waals surface area contributed by atoms with Gasteiger partial charge in [0.1, 0.15) is 5.69 Å². The fourth-order valence-electron chi connectivity index (χ4n) is 2.41. The molecule has 1 aliphatic rings. The van der Waals surface area contributed by atoms with Crippen LogP contribution in [0.15, 0.2) is 42.5 Å². The van der Waals surface area contributed by atoms with E-state index in [0.717, 1.165) is 5.56 Å². The third-order valence-electron chi connectivity index (χ3n) is 3.67. The second-order valence-corrected chi connectivity index (χ2v) is 6.13. The van der Waals surface area contributed by atoms with Crippen molar-refractivity contribution in [2.45, 2.75) is 0 Å². The number of fused-ring (bicyclic) bond motifs is 1. The van der Waals surface area contributed by atoms with Gasteiger partial charge in [0.15, 0.2) is 11.5 Å². The summed E-state index contributed by atoms with van der Waals surface area (Å²) in [5.41, 5.74) is 2.30. The Morgan fingerprint density at radius 2 is 1.88 bits per heavy atom. The van der Waals surface area contributed by atoms with E-state index in [4.69, 9.17) is 32.7 Å². The van der Waals surface area contributed by atoms with Crippen LogP contribution >= 0.6 is 23.2 Å². The predicted molar refractivity (Wildman–Crippen MR) is 94.6 cm³/mol. The van der Waals surface area contributed by atoms with Crippen LogP contribution in [-0.2, 0) is 0 Å². The fourth-order valence-corrected chi connectivity index (χ4v) is 2.71. The van der Waals surface area contributed by atoms with Gasteiger partial charge >= 0.3 is 0 Å². The molecule has 0 atom stereocenters. The third-order valence-corrected chi connectivity index (χ3v) is 4.41. The number of nitrogens with one attached hydrogen (secondary N) is 2. The number of halogens is 2. The average molecular weight is 376 g/mol. The highest BCUT2D eigenvalue weighted by atomic mass is 35.5. The van der Waals surface area contributed by atoms with Crippen LogP contribution in [0.25, 0.3) is 11.3 Å². The highest BCUT2D eigenvalue weighted by Crippen LogP contribution is 2.35. The molecule has 2 N–H and O–H groups in total. The summed E-state index contributed by atoms with van der Waals surface area (Å²) in [7, 11) is 0. The van der Waals surface area contributed by atoms with Crippen LogP contribution in [0.5, 0.6) is 11.5 Å². The number of carbonyl (C=O) groups excluding carboxylic acids is 1. The van der Waals surface area contributed by atoms with E-state index in [1.54, 1.807) is 24.3 Å². The first-order valence-corrected chi connectivity index (χ1v) is 8.07. The van der Waals surface area contributed by atoms with Gasteiger partial charge in [-0.1, -0.05) is 23.2 Å². The molecular weight excluding hydrogens is 365 g/mol. The summed E-state index contributed by atoms with van der Waals surface area (Å²) in [6.45, 7) is 0.205. The number of benzene rings is 2. The molecule has 0 saturated carbocycles. The summed E-state index contributed by atoms with van der Waals surface area (Å²) < 4.78 is 10.6. The van der Waals surface area contributed by atoms with Gasteiger partial charge in [0, 0.05) is 11.3 Å². The number of ether oxygens (including phenoxy) is 2. The number of rotatable bonds is 3. The van der Waals surface area contributed by atoms with Crippen molar-refractivity contribution in [3.05, 3.63) is 58.2 Å². The van der Waals surface area contributed by atoms with Crippen molar-refractivity contribution in [2.75, 3.05) is 12.1 Å². The molecule has 4 rings (SSSR count). The lowest BCUT2D eigenvalue weighted by molar-refractivity contribution is 0.102. The van der Waals surface area contributed by atoms with Gasteiger partial charge in [0.2, 0.25) is 6.79 Å². The Bertz CT molecular complexity index is 972. The van der Waals surface area contributed by atoms with Gasteiger partial charge in [-0.2, -0.15) is 5.10 Å². The molecule has 1 aliphatic heterocycles. The number of carbonyl (C=O) groups is 1. The molecule has 0 unspecified atom stereocenters. The molecule has 0 aliphatic carbocycles. The van der Waals surface area contributed by atoms with Crippen LogP contribution in [0.2, 0.25) is 10.0 Å². The van der Waals surface area contributed by atoms with Gasteiger partial charge in [-0.3, -0.25) is 9.89 Å². The zero-order chi connectivity index (χ0) is 17.4. The van der Waals surface area contributed by atoms with Crippen molar-refractivity contribution >= 4 is 34.8 Å². The van der Waals surface area contributed by atoms with Gasteiger partial charge in [0.05, 0.1) is 15.7 Å². The summed E-state index contributed by atoms with van der Waals surface area (Å²) in [6, 6.07) is 12.0. The monoisotopic (exact) mass is 375 g/mol. The molecule has 8 heteroatoms. The number of amides is 1. The van der Waals surface area contributed by atoms with Gasteiger partial charge in [-0.15, -0.1) is 0 Å². The number of nitrogens with zero attached hydrogens (tertiary/aromatic N) is 1. The molecule has 126 valence electrons. The Labute approximate surface area is 152 Å². The summed E-state index contributed by atoms with van der Waals surface area (Å²) in [4.78, 5) is 12.3. The topological polar surface area (TPSA) is 76.2 Å². The van der Waals surface area contributed by atoms with Crippen LogP contribution in [-0.4, -0.2) is 22.9 Å². The molecule has 2 aromatic carbocycles. The second-order valence-electron chi connectivity index (χ2n) is 5.32. The van der Waals surface area contributed by atoms with Gasteiger partial charge in [0.25, 0.3) is 5.91 Å². The molecule has 1 amide bonds. The average Bonchev–Trinajstić information content (AvgIpc) is 3.26. The van der Waals surface area contributed by atoms with Crippen molar-refractivity contribution in [3.63, 3.8) is 0 Å². The normalized spacial score (nSPS) is 12.2. The van der Waals surface area contributed by atoms with Crippen molar-refractivity contribution in [2.24, 2.45) is 0 Å². The molecule has 0 fully saturated rings. The van der Waals surface area contributed by atoms with Crippen molar-refractivity contribution < 1.29 is 14.3 Å². The zero-order valence-corrected chi connectivity index (χ0v) is 14.2. The Hall–Kier alpha value is -2.70. The maximum Gasteiger partial charge on any atom is 0.273 e.